The number of carboxylic acid groups (broad SMARTS) is 1. The van der Waals surface area contributed by atoms with Gasteiger partial charge in [-0.3, -0.25) is 0 Å². The first-order valence-electron chi connectivity index (χ1n) is 4.65. The fourth-order valence-corrected chi connectivity index (χ4v) is 2.14. The molecule has 1 N–H and O–H groups in total. The van der Waals surface area contributed by atoms with Crippen LogP contribution in [0, 0.1) is 5.82 Å². The summed E-state index contributed by atoms with van der Waals surface area (Å²) < 4.78 is 18.7. The van der Waals surface area contributed by atoms with Gasteiger partial charge in [0.25, 0.3) is 0 Å². The second kappa shape index (κ2) is 4.50. The minimum atomic E-state index is -1.13. The summed E-state index contributed by atoms with van der Waals surface area (Å²) >= 11 is 1.08. The van der Waals surface area contributed by atoms with E-state index in [9.17, 15) is 9.18 Å². The molecule has 2 rings (SSSR count). The molecule has 0 saturated carbocycles. The summed E-state index contributed by atoms with van der Waals surface area (Å²) in [6.45, 7) is 0. The molecule has 0 atom stereocenters. The number of aromatic nitrogens is 1. The van der Waals surface area contributed by atoms with Crippen LogP contribution in [-0.4, -0.2) is 23.2 Å². The Morgan fingerprint density at radius 3 is 2.88 bits per heavy atom. The lowest BCUT2D eigenvalue weighted by Gasteiger charge is -2.04. The summed E-state index contributed by atoms with van der Waals surface area (Å²) in [5.74, 6) is -1.56. The molecule has 1 heterocycles. The molecular formula is C11H8FNO3S. The molecule has 0 aliphatic carbocycles. The smallest absolute Gasteiger partial charge is 0.355 e. The highest BCUT2D eigenvalue weighted by molar-refractivity contribution is 7.13. The lowest BCUT2D eigenvalue weighted by molar-refractivity contribution is 0.0691. The lowest BCUT2D eigenvalue weighted by atomic mass is 10.2. The van der Waals surface area contributed by atoms with Gasteiger partial charge in [-0.1, -0.05) is 6.07 Å². The van der Waals surface area contributed by atoms with Gasteiger partial charge in [-0.2, -0.15) is 0 Å². The monoisotopic (exact) mass is 253 g/mol. The van der Waals surface area contributed by atoms with E-state index < -0.39 is 11.8 Å². The average molecular weight is 253 g/mol. The molecule has 1 aromatic carbocycles. The van der Waals surface area contributed by atoms with Crippen molar-refractivity contribution >= 4 is 17.3 Å². The maximum atomic E-state index is 13.9. The van der Waals surface area contributed by atoms with Gasteiger partial charge in [-0.05, 0) is 12.1 Å². The number of halogens is 1. The zero-order valence-corrected chi connectivity index (χ0v) is 9.62. The largest absolute Gasteiger partial charge is 0.494 e. The van der Waals surface area contributed by atoms with Crippen LogP contribution in [0.3, 0.4) is 0 Å². The molecule has 1 aromatic heterocycles. The maximum Gasteiger partial charge on any atom is 0.355 e. The van der Waals surface area contributed by atoms with E-state index in [-0.39, 0.29) is 17.0 Å². The highest BCUT2D eigenvalue weighted by Crippen LogP contribution is 2.30. The van der Waals surface area contributed by atoms with E-state index in [4.69, 9.17) is 9.84 Å². The van der Waals surface area contributed by atoms with Gasteiger partial charge in [0, 0.05) is 5.38 Å². The standard InChI is InChI=1S/C11H8FNO3S/c1-16-8-4-2-3-6(9(8)12)10-13-7(5-17-10)11(14)15/h2-5H,1H3,(H,14,15). The van der Waals surface area contributed by atoms with Crippen molar-refractivity contribution in [3.8, 4) is 16.3 Å². The van der Waals surface area contributed by atoms with Crippen molar-refractivity contribution in [3.63, 3.8) is 0 Å². The number of aromatic carboxylic acids is 1. The van der Waals surface area contributed by atoms with Gasteiger partial charge in [-0.15, -0.1) is 11.3 Å². The Balaban J connectivity index is 2.49. The molecule has 17 heavy (non-hydrogen) atoms. The number of thiazole rings is 1. The van der Waals surface area contributed by atoms with E-state index in [1.54, 1.807) is 6.07 Å². The number of nitrogens with zero attached hydrogens (tertiary/aromatic N) is 1. The topological polar surface area (TPSA) is 59.4 Å². The van der Waals surface area contributed by atoms with Crippen molar-refractivity contribution in [2.45, 2.75) is 0 Å². The van der Waals surface area contributed by atoms with Crippen LogP contribution < -0.4 is 4.74 Å². The summed E-state index contributed by atoms with van der Waals surface area (Å²) in [6.07, 6.45) is 0. The molecule has 0 spiro atoms. The third kappa shape index (κ3) is 2.12. The van der Waals surface area contributed by atoms with Crippen molar-refractivity contribution in [1.82, 2.24) is 4.98 Å². The predicted molar refractivity (Wildman–Crippen MR) is 61.0 cm³/mol. The number of carboxylic acids is 1. The third-order valence-corrected chi connectivity index (χ3v) is 3.01. The van der Waals surface area contributed by atoms with Gasteiger partial charge in [0.2, 0.25) is 0 Å². The third-order valence-electron chi connectivity index (χ3n) is 2.14. The second-order valence-electron chi connectivity index (χ2n) is 3.16. The zero-order chi connectivity index (χ0) is 12.4. The Bertz CT molecular complexity index is 568. The van der Waals surface area contributed by atoms with Crippen molar-refractivity contribution in [2.24, 2.45) is 0 Å². The Morgan fingerprint density at radius 2 is 2.29 bits per heavy atom. The number of ether oxygens (including phenoxy) is 1. The van der Waals surface area contributed by atoms with Crippen molar-refractivity contribution in [1.29, 1.82) is 0 Å². The minimum absolute atomic E-state index is 0.0905. The zero-order valence-electron chi connectivity index (χ0n) is 8.81. The second-order valence-corrected chi connectivity index (χ2v) is 4.02. The van der Waals surface area contributed by atoms with Crippen LogP contribution in [0.1, 0.15) is 10.5 Å². The number of hydrogen-bond donors (Lipinski definition) is 1. The van der Waals surface area contributed by atoms with Gasteiger partial charge < -0.3 is 9.84 Å². The minimum Gasteiger partial charge on any atom is -0.494 e. The van der Waals surface area contributed by atoms with Gasteiger partial charge in [0.05, 0.1) is 12.7 Å². The average Bonchev–Trinajstić information content (AvgIpc) is 2.78. The van der Waals surface area contributed by atoms with Crippen LogP contribution in [-0.2, 0) is 0 Å². The van der Waals surface area contributed by atoms with Crippen molar-refractivity contribution in [2.75, 3.05) is 7.11 Å². The van der Waals surface area contributed by atoms with Crippen LogP contribution in [0.15, 0.2) is 23.6 Å². The first kappa shape index (κ1) is 11.5. The predicted octanol–water partition coefficient (Wildman–Crippen LogP) is 2.66. The molecule has 0 amide bonds. The lowest BCUT2D eigenvalue weighted by Crippen LogP contribution is -1.96. The Labute approximate surface area is 100 Å². The van der Waals surface area contributed by atoms with Gasteiger partial charge >= 0.3 is 5.97 Å². The molecule has 88 valence electrons. The van der Waals surface area contributed by atoms with E-state index in [1.807, 2.05) is 0 Å². The van der Waals surface area contributed by atoms with Crippen molar-refractivity contribution in [3.05, 3.63) is 35.1 Å². The fourth-order valence-electron chi connectivity index (χ4n) is 1.33. The van der Waals surface area contributed by atoms with Crippen LogP contribution in [0.25, 0.3) is 10.6 Å². The SMILES string of the molecule is COc1cccc(-c2nc(C(=O)O)cs2)c1F. The number of rotatable bonds is 3. The van der Waals surface area contributed by atoms with Crippen LogP contribution in [0.2, 0.25) is 0 Å². The molecule has 2 aromatic rings. The van der Waals surface area contributed by atoms with Crippen LogP contribution in [0.5, 0.6) is 5.75 Å². The molecule has 0 fully saturated rings. The van der Waals surface area contributed by atoms with E-state index in [0.29, 0.717) is 5.01 Å². The van der Waals surface area contributed by atoms with Crippen LogP contribution >= 0.6 is 11.3 Å². The normalized spacial score (nSPS) is 10.2. The number of methoxy groups -OCH3 is 1. The summed E-state index contributed by atoms with van der Waals surface area (Å²) in [5.41, 5.74) is 0.147. The molecule has 0 aliphatic heterocycles. The van der Waals surface area contributed by atoms with Crippen LogP contribution in [0.4, 0.5) is 4.39 Å². The van der Waals surface area contributed by atoms with E-state index in [0.717, 1.165) is 11.3 Å². The highest BCUT2D eigenvalue weighted by Gasteiger charge is 2.15. The summed E-state index contributed by atoms with van der Waals surface area (Å²) in [7, 11) is 1.37. The fraction of sp³-hybridized carbons (Fsp3) is 0.0909. The first-order valence-corrected chi connectivity index (χ1v) is 5.53. The molecule has 0 bridgehead atoms. The van der Waals surface area contributed by atoms with E-state index >= 15 is 0 Å². The Hall–Kier alpha value is -1.95. The summed E-state index contributed by atoms with van der Waals surface area (Å²) in [6, 6.07) is 4.64. The molecule has 0 aliphatic rings. The quantitative estimate of drug-likeness (QED) is 0.913. The van der Waals surface area contributed by atoms with E-state index in [1.165, 1.54) is 24.6 Å². The molecule has 4 nitrogen and oxygen atoms in total. The van der Waals surface area contributed by atoms with Crippen molar-refractivity contribution < 1.29 is 19.0 Å². The summed E-state index contributed by atoms with van der Waals surface area (Å²) in [4.78, 5) is 14.5. The Morgan fingerprint density at radius 1 is 1.53 bits per heavy atom. The first-order chi connectivity index (χ1) is 8.13. The molecule has 0 unspecified atom stereocenters. The number of benzene rings is 1. The maximum absolute atomic E-state index is 13.9. The number of carbonyl (C=O) groups is 1. The highest BCUT2D eigenvalue weighted by atomic mass is 32.1. The number of hydrogen-bond acceptors (Lipinski definition) is 4. The van der Waals surface area contributed by atoms with E-state index in [2.05, 4.69) is 4.98 Å². The van der Waals surface area contributed by atoms with Gasteiger partial charge in [0.1, 0.15) is 5.01 Å². The molecule has 0 saturated heterocycles. The molecular weight excluding hydrogens is 245 g/mol. The van der Waals surface area contributed by atoms with Gasteiger partial charge in [-0.25, -0.2) is 14.2 Å². The Kier molecular flexibility index (Phi) is 3.06. The molecule has 6 heteroatoms. The molecule has 0 radical (unpaired) electrons. The summed E-state index contributed by atoms with van der Waals surface area (Å²) in [5, 5.41) is 10.4. The van der Waals surface area contributed by atoms with Gasteiger partial charge in [0.15, 0.2) is 17.3 Å².